The van der Waals surface area contributed by atoms with E-state index in [4.69, 9.17) is 0 Å². The first-order chi connectivity index (χ1) is 16.3. The zero-order chi connectivity index (χ0) is 24.2. The van der Waals surface area contributed by atoms with Gasteiger partial charge in [-0.1, -0.05) is 43.2 Å². The van der Waals surface area contributed by atoms with E-state index in [1.165, 1.54) is 6.07 Å². The molecule has 1 aliphatic rings. The number of rotatable bonds is 6. The molecule has 0 unspecified atom stereocenters. The highest BCUT2D eigenvalue weighted by atomic mass is 19.4. The minimum atomic E-state index is -4.48. The Morgan fingerprint density at radius 1 is 0.941 bits per heavy atom. The maximum Gasteiger partial charge on any atom is 0.416 e. The number of amides is 2. The maximum absolute atomic E-state index is 13.4. The third kappa shape index (κ3) is 5.11. The van der Waals surface area contributed by atoms with Crippen molar-refractivity contribution >= 4 is 17.5 Å². The Hall–Kier alpha value is -3.68. The largest absolute Gasteiger partial charge is 0.416 e. The van der Waals surface area contributed by atoms with Crippen LogP contribution in [0, 0.1) is 0 Å². The molecular weight excluding hydrogens is 443 g/mol. The molecule has 0 bridgehead atoms. The summed E-state index contributed by atoms with van der Waals surface area (Å²) in [6.45, 7) is 0.259. The molecule has 34 heavy (non-hydrogen) atoms. The molecule has 2 N–H and O–H groups in total. The number of carbonyl (C=O) groups is 2. The highest BCUT2D eigenvalue weighted by Crippen LogP contribution is 2.43. The van der Waals surface area contributed by atoms with E-state index >= 15 is 0 Å². The summed E-state index contributed by atoms with van der Waals surface area (Å²) in [6.07, 6.45) is -0.418. The molecule has 0 atom stereocenters. The van der Waals surface area contributed by atoms with Gasteiger partial charge in [0.15, 0.2) is 0 Å². The average molecular weight is 467 g/mol. The van der Waals surface area contributed by atoms with Crippen LogP contribution < -0.4 is 10.6 Å². The van der Waals surface area contributed by atoms with Crippen LogP contribution in [0.15, 0.2) is 72.9 Å². The molecule has 1 heterocycles. The summed E-state index contributed by atoms with van der Waals surface area (Å²) in [5.41, 5.74) is 0.0298. The fourth-order valence-corrected chi connectivity index (χ4v) is 4.38. The smallest absolute Gasteiger partial charge is 0.346 e. The number of alkyl halides is 3. The monoisotopic (exact) mass is 467 g/mol. The van der Waals surface area contributed by atoms with E-state index in [-0.39, 0.29) is 18.4 Å². The Balaban J connectivity index is 1.51. The fourth-order valence-electron chi connectivity index (χ4n) is 4.38. The van der Waals surface area contributed by atoms with E-state index in [1.807, 2.05) is 6.07 Å². The van der Waals surface area contributed by atoms with Crippen LogP contribution in [0.4, 0.5) is 18.9 Å². The molecule has 8 heteroatoms. The lowest BCUT2D eigenvalue weighted by atomic mass is 9.77. The third-order valence-electron chi connectivity index (χ3n) is 6.17. The standard InChI is InChI=1S/C26H24F3N3O2/c27-26(28,29)20-9-6-8-19(16-20)25(12-2-3-13-25)24(34)32-21-11-5-7-18(15-21)23(33)31-17-22-10-1-4-14-30-22/h1,4-11,14-16H,2-3,12-13,17H2,(H,31,33)(H,32,34). The summed E-state index contributed by atoms with van der Waals surface area (Å²) in [6, 6.07) is 16.9. The molecule has 3 aromatic rings. The zero-order valence-electron chi connectivity index (χ0n) is 18.4. The second-order valence-electron chi connectivity index (χ2n) is 8.41. The quantitative estimate of drug-likeness (QED) is 0.504. The van der Waals surface area contributed by atoms with Crippen molar-refractivity contribution in [1.82, 2.24) is 10.3 Å². The van der Waals surface area contributed by atoms with E-state index in [0.717, 1.165) is 25.0 Å². The molecule has 176 valence electrons. The molecule has 0 radical (unpaired) electrons. The first-order valence-corrected chi connectivity index (χ1v) is 11.1. The topological polar surface area (TPSA) is 71.1 Å². The van der Waals surface area contributed by atoms with Crippen LogP contribution >= 0.6 is 0 Å². The van der Waals surface area contributed by atoms with Gasteiger partial charge in [-0.25, -0.2) is 0 Å². The zero-order valence-corrected chi connectivity index (χ0v) is 18.4. The molecule has 1 aromatic heterocycles. The van der Waals surface area contributed by atoms with Gasteiger partial charge in [-0.3, -0.25) is 14.6 Å². The molecule has 2 aromatic carbocycles. The summed E-state index contributed by atoms with van der Waals surface area (Å²) in [7, 11) is 0. The average Bonchev–Trinajstić information content (AvgIpc) is 3.34. The molecule has 0 spiro atoms. The summed E-state index contributed by atoms with van der Waals surface area (Å²) >= 11 is 0. The lowest BCUT2D eigenvalue weighted by Crippen LogP contribution is -2.38. The molecule has 4 rings (SSSR count). The molecule has 1 aliphatic carbocycles. The van der Waals surface area contributed by atoms with Crippen LogP contribution in [0.3, 0.4) is 0 Å². The van der Waals surface area contributed by atoms with Gasteiger partial charge >= 0.3 is 6.18 Å². The van der Waals surface area contributed by atoms with Gasteiger partial charge in [0.1, 0.15) is 0 Å². The van der Waals surface area contributed by atoms with Crippen LogP contribution in [0.1, 0.15) is 52.9 Å². The number of benzene rings is 2. The number of pyridine rings is 1. The predicted octanol–water partition coefficient (Wildman–Crippen LogP) is 5.48. The van der Waals surface area contributed by atoms with Crippen LogP contribution in [-0.2, 0) is 22.9 Å². The number of anilines is 1. The number of hydrogen-bond donors (Lipinski definition) is 2. The first kappa shape index (κ1) is 23.5. The van der Waals surface area contributed by atoms with Gasteiger partial charge in [0, 0.05) is 17.4 Å². The van der Waals surface area contributed by atoms with Crippen molar-refractivity contribution in [2.45, 2.75) is 43.8 Å². The van der Waals surface area contributed by atoms with Crippen molar-refractivity contribution in [2.75, 3.05) is 5.32 Å². The summed E-state index contributed by atoms with van der Waals surface area (Å²) < 4.78 is 39.8. The normalized spacial score (nSPS) is 15.0. The SMILES string of the molecule is O=C(NCc1ccccn1)c1cccc(NC(=O)C2(c3cccc(C(F)(F)F)c3)CCCC2)c1. The Morgan fingerprint density at radius 3 is 2.41 bits per heavy atom. The lowest BCUT2D eigenvalue weighted by Gasteiger charge is -2.29. The highest BCUT2D eigenvalue weighted by molar-refractivity contribution is 6.01. The Kier molecular flexibility index (Phi) is 6.68. The predicted molar refractivity (Wildman–Crippen MR) is 122 cm³/mol. The number of halogens is 3. The van der Waals surface area contributed by atoms with Crippen molar-refractivity contribution in [1.29, 1.82) is 0 Å². The van der Waals surface area contributed by atoms with Crippen LogP contribution in [0.2, 0.25) is 0 Å². The van der Waals surface area contributed by atoms with E-state index in [2.05, 4.69) is 15.6 Å². The molecule has 1 fully saturated rings. The van der Waals surface area contributed by atoms with Gasteiger partial charge in [0.2, 0.25) is 5.91 Å². The second kappa shape index (κ2) is 9.67. The summed E-state index contributed by atoms with van der Waals surface area (Å²) in [4.78, 5) is 30.1. The Labute approximate surface area is 195 Å². The molecule has 2 amide bonds. The molecular formula is C26H24F3N3O2. The third-order valence-corrected chi connectivity index (χ3v) is 6.17. The summed E-state index contributed by atoms with van der Waals surface area (Å²) in [5.74, 6) is -0.689. The van der Waals surface area contributed by atoms with Crippen molar-refractivity contribution < 1.29 is 22.8 Å². The minimum Gasteiger partial charge on any atom is -0.346 e. The van der Waals surface area contributed by atoms with E-state index in [1.54, 1.807) is 48.7 Å². The highest BCUT2D eigenvalue weighted by Gasteiger charge is 2.44. The van der Waals surface area contributed by atoms with Crippen LogP contribution in [0.5, 0.6) is 0 Å². The van der Waals surface area contributed by atoms with Crippen LogP contribution in [-0.4, -0.2) is 16.8 Å². The van der Waals surface area contributed by atoms with Gasteiger partial charge in [-0.15, -0.1) is 0 Å². The van der Waals surface area contributed by atoms with E-state index < -0.39 is 17.2 Å². The maximum atomic E-state index is 13.4. The van der Waals surface area contributed by atoms with Gasteiger partial charge in [-0.2, -0.15) is 13.2 Å². The first-order valence-electron chi connectivity index (χ1n) is 11.1. The number of aromatic nitrogens is 1. The fraction of sp³-hybridized carbons (Fsp3) is 0.269. The molecule has 5 nitrogen and oxygen atoms in total. The second-order valence-corrected chi connectivity index (χ2v) is 8.41. The lowest BCUT2D eigenvalue weighted by molar-refractivity contribution is -0.137. The number of nitrogens with one attached hydrogen (secondary N) is 2. The van der Waals surface area contributed by atoms with E-state index in [9.17, 15) is 22.8 Å². The van der Waals surface area contributed by atoms with Crippen molar-refractivity contribution in [2.24, 2.45) is 0 Å². The van der Waals surface area contributed by atoms with Gasteiger partial charge < -0.3 is 10.6 Å². The molecule has 0 aliphatic heterocycles. The minimum absolute atomic E-state index is 0.259. The van der Waals surface area contributed by atoms with Gasteiger partial charge in [0.05, 0.1) is 23.2 Å². The Bertz CT molecular complexity index is 1170. The Morgan fingerprint density at radius 2 is 1.71 bits per heavy atom. The van der Waals surface area contributed by atoms with Crippen molar-refractivity contribution in [3.63, 3.8) is 0 Å². The van der Waals surface area contributed by atoms with Crippen molar-refractivity contribution in [3.05, 3.63) is 95.3 Å². The summed E-state index contributed by atoms with van der Waals surface area (Å²) in [5, 5.41) is 5.62. The van der Waals surface area contributed by atoms with Gasteiger partial charge in [0.25, 0.3) is 5.91 Å². The van der Waals surface area contributed by atoms with Crippen LogP contribution in [0.25, 0.3) is 0 Å². The van der Waals surface area contributed by atoms with Crippen molar-refractivity contribution in [3.8, 4) is 0 Å². The number of hydrogen-bond acceptors (Lipinski definition) is 3. The van der Waals surface area contributed by atoms with Gasteiger partial charge in [-0.05, 0) is 54.8 Å². The number of carbonyl (C=O) groups excluding carboxylic acids is 2. The molecule has 1 saturated carbocycles. The number of nitrogens with zero attached hydrogens (tertiary/aromatic N) is 1. The molecule has 0 saturated heterocycles. The van der Waals surface area contributed by atoms with E-state index in [0.29, 0.717) is 35.3 Å².